The second-order valence-electron chi connectivity index (χ2n) is 10.2. The number of benzene rings is 1. The number of aliphatic hydroxyl groups is 3. The Kier molecular flexibility index (Phi) is 11.7. The quantitative estimate of drug-likeness (QED) is 0.267. The SMILES string of the molecule is CCCCC[C@H](O)C#Cc1cccc(CN2O[C@@H](CO)[C@@H]([C@H](C)O)C2(C)C(=O)NCCC(C)C)c1. The lowest BCUT2D eigenvalue weighted by Crippen LogP contribution is -2.59. The Hall–Kier alpha value is -1.95. The van der Waals surface area contributed by atoms with E-state index in [1.165, 1.54) is 0 Å². The zero-order chi connectivity index (χ0) is 26.0. The first kappa shape index (κ1) is 29.3. The number of amides is 1. The lowest BCUT2D eigenvalue weighted by atomic mass is 9.78. The van der Waals surface area contributed by atoms with Crippen molar-refractivity contribution in [2.75, 3.05) is 13.2 Å². The molecule has 2 rings (SSSR count). The summed E-state index contributed by atoms with van der Waals surface area (Å²) in [5.41, 5.74) is 0.474. The van der Waals surface area contributed by atoms with Crippen LogP contribution in [0.1, 0.15) is 77.8 Å². The van der Waals surface area contributed by atoms with Crippen molar-refractivity contribution in [3.63, 3.8) is 0 Å². The third kappa shape index (κ3) is 8.03. The summed E-state index contributed by atoms with van der Waals surface area (Å²) in [6.45, 7) is 10.2. The fourth-order valence-corrected chi connectivity index (χ4v) is 4.65. The van der Waals surface area contributed by atoms with Gasteiger partial charge in [-0.05, 0) is 56.7 Å². The molecule has 196 valence electrons. The summed E-state index contributed by atoms with van der Waals surface area (Å²) in [4.78, 5) is 19.4. The van der Waals surface area contributed by atoms with Crippen LogP contribution in [0.15, 0.2) is 24.3 Å². The van der Waals surface area contributed by atoms with Gasteiger partial charge in [-0.25, -0.2) is 0 Å². The van der Waals surface area contributed by atoms with Crippen molar-refractivity contribution in [1.29, 1.82) is 0 Å². The van der Waals surface area contributed by atoms with Crippen molar-refractivity contribution in [2.45, 2.75) is 97.1 Å². The third-order valence-corrected chi connectivity index (χ3v) is 6.71. The van der Waals surface area contributed by atoms with Gasteiger partial charge >= 0.3 is 0 Å². The van der Waals surface area contributed by atoms with Crippen LogP contribution >= 0.6 is 0 Å². The van der Waals surface area contributed by atoms with Gasteiger partial charge in [0.15, 0.2) is 0 Å². The second kappa shape index (κ2) is 14.0. The monoisotopic (exact) mass is 488 g/mol. The van der Waals surface area contributed by atoms with E-state index in [0.717, 1.165) is 36.8 Å². The van der Waals surface area contributed by atoms with E-state index in [-0.39, 0.29) is 19.1 Å². The van der Waals surface area contributed by atoms with E-state index in [1.807, 2.05) is 24.3 Å². The van der Waals surface area contributed by atoms with Crippen LogP contribution in [-0.4, -0.2) is 63.3 Å². The fraction of sp³-hybridized carbons (Fsp3) is 0.679. The largest absolute Gasteiger partial charge is 0.394 e. The van der Waals surface area contributed by atoms with E-state index in [9.17, 15) is 20.1 Å². The minimum atomic E-state index is -1.17. The maximum Gasteiger partial charge on any atom is 0.243 e. The number of hydrogen-bond donors (Lipinski definition) is 4. The minimum Gasteiger partial charge on any atom is -0.394 e. The molecule has 0 aromatic heterocycles. The van der Waals surface area contributed by atoms with Gasteiger partial charge in [-0.15, -0.1) is 0 Å². The molecule has 5 atom stereocenters. The first-order chi connectivity index (χ1) is 16.6. The predicted molar refractivity (Wildman–Crippen MR) is 137 cm³/mol. The molecule has 1 amide bonds. The number of hydrogen-bond acceptors (Lipinski definition) is 6. The summed E-state index contributed by atoms with van der Waals surface area (Å²) in [7, 11) is 0. The molecule has 1 saturated heterocycles. The second-order valence-corrected chi connectivity index (χ2v) is 10.2. The van der Waals surface area contributed by atoms with Crippen LogP contribution in [-0.2, 0) is 16.2 Å². The van der Waals surface area contributed by atoms with E-state index in [2.05, 4.69) is 37.9 Å². The van der Waals surface area contributed by atoms with E-state index in [4.69, 9.17) is 4.84 Å². The normalized spacial score (nSPS) is 24.1. The smallest absolute Gasteiger partial charge is 0.243 e. The molecule has 1 aromatic rings. The van der Waals surface area contributed by atoms with Gasteiger partial charge < -0.3 is 20.6 Å². The summed E-state index contributed by atoms with van der Waals surface area (Å²) in [6.07, 6.45) is 2.43. The average molecular weight is 489 g/mol. The Balaban J connectivity index is 2.23. The van der Waals surface area contributed by atoms with E-state index in [1.54, 1.807) is 18.9 Å². The highest BCUT2D eigenvalue weighted by atomic mass is 16.7. The Bertz CT molecular complexity index is 862. The highest BCUT2D eigenvalue weighted by Crippen LogP contribution is 2.40. The van der Waals surface area contributed by atoms with Gasteiger partial charge in [0.2, 0.25) is 5.91 Å². The highest BCUT2D eigenvalue weighted by Gasteiger charge is 2.58. The number of unbranched alkanes of at least 4 members (excludes halogenated alkanes) is 2. The van der Waals surface area contributed by atoms with Crippen LogP contribution in [0.5, 0.6) is 0 Å². The molecule has 1 heterocycles. The standard InChI is InChI=1S/C28H44N2O5/c1-6-7-8-12-24(33)14-13-22-10-9-11-23(17-22)18-30-28(5,27(34)29-16-15-20(2)3)26(21(4)32)25(19-31)35-30/h9-11,17,20-21,24-26,31-33H,6-8,12,15-16,18-19H2,1-5H3,(H,29,34)/t21-,24-,25-,26+,28?/m0/s1. The molecule has 35 heavy (non-hydrogen) atoms. The fourth-order valence-electron chi connectivity index (χ4n) is 4.65. The Morgan fingerprint density at radius 3 is 2.60 bits per heavy atom. The number of rotatable bonds is 12. The van der Waals surface area contributed by atoms with Crippen LogP contribution in [0.3, 0.4) is 0 Å². The zero-order valence-electron chi connectivity index (χ0n) is 22.0. The first-order valence-electron chi connectivity index (χ1n) is 12.9. The molecule has 0 radical (unpaired) electrons. The molecule has 0 spiro atoms. The number of carbonyl (C=O) groups excluding carboxylic acids is 1. The molecule has 7 nitrogen and oxygen atoms in total. The van der Waals surface area contributed by atoms with Crippen LogP contribution in [0, 0.1) is 23.7 Å². The van der Waals surface area contributed by atoms with E-state index in [0.29, 0.717) is 18.9 Å². The van der Waals surface area contributed by atoms with Crippen LogP contribution < -0.4 is 5.32 Å². The van der Waals surface area contributed by atoms with Crippen LogP contribution in [0.25, 0.3) is 0 Å². The first-order valence-corrected chi connectivity index (χ1v) is 12.9. The molecule has 4 N–H and O–H groups in total. The molecule has 0 saturated carbocycles. The number of hydroxylamine groups is 2. The molecule has 0 aliphatic carbocycles. The van der Waals surface area contributed by atoms with Gasteiger partial charge in [0.05, 0.1) is 19.3 Å². The van der Waals surface area contributed by atoms with Crippen molar-refractivity contribution in [3.8, 4) is 11.8 Å². The number of nitrogens with zero attached hydrogens (tertiary/aromatic N) is 1. The van der Waals surface area contributed by atoms with Gasteiger partial charge in [-0.2, -0.15) is 5.06 Å². The number of carbonyl (C=O) groups is 1. The molecule has 1 aromatic carbocycles. The molecular weight excluding hydrogens is 444 g/mol. The summed E-state index contributed by atoms with van der Waals surface area (Å²) in [6, 6.07) is 7.60. The molecule has 1 fully saturated rings. The third-order valence-electron chi connectivity index (χ3n) is 6.71. The Labute approximate surface area is 210 Å². The maximum absolute atomic E-state index is 13.4. The molecular formula is C28H44N2O5. The van der Waals surface area contributed by atoms with Crippen LogP contribution in [0.4, 0.5) is 0 Å². The van der Waals surface area contributed by atoms with Crippen molar-refractivity contribution < 1.29 is 25.0 Å². The van der Waals surface area contributed by atoms with Crippen molar-refractivity contribution in [1.82, 2.24) is 10.4 Å². The molecule has 7 heteroatoms. The summed E-state index contributed by atoms with van der Waals surface area (Å²) < 4.78 is 0. The Morgan fingerprint density at radius 1 is 1.23 bits per heavy atom. The lowest BCUT2D eigenvalue weighted by Gasteiger charge is -2.37. The van der Waals surface area contributed by atoms with Gasteiger partial charge in [0.25, 0.3) is 0 Å². The minimum absolute atomic E-state index is 0.230. The van der Waals surface area contributed by atoms with Crippen molar-refractivity contribution in [2.24, 2.45) is 11.8 Å². The summed E-state index contributed by atoms with van der Waals surface area (Å²) >= 11 is 0. The van der Waals surface area contributed by atoms with Gasteiger partial charge in [0, 0.05) is 18.0 Å². The van der Waals surface area contributed by atoms with Gasteiger partial charge in [-0.3, -0.25) is 9.63 Å². The Morgan fingerprint density at radius 2 is 1.97 bits per heavy atom. The molecule has 1 aliphatic heterocycles. The lowest BCUT2D eigenvalue weighted by molar-refractivity contribution is -0.199. The topological polar surface area (TPSA) is 102 Å². The number of nitrogens with one attached hydrogen (secondary N) is 1. The van der Waals surface area contributed by atoms with Crippen LogP contribution in [0.2, 0.25) is 0 Å². The van der Waals surface area contributed by atoms with Gasteiger partial charge in [-0.1, -0.05) is 57.6 Å². The van der Waals surface area contributed by atoms with Crippen molar-refractivity contribution >= 4 is 5.91 Å². The maximum atomic E-state index is 13.4. The van der Waals surface area contributed by atoms with Gasteiger partial charge in [0.1, 0.15) is 17.7 Å². The average Bonchev–Trinajstić information content (AvgIpc) is 3.10. The summed E-state index contributed by atoms with van der Waals surface area (Å²) in [5.74, 6) is 5.58. The predicted octanol–water partition coefficient (Wildman–Crippen LogP) is 3.01. The number of aliphatic hydroxyl groups excluding tert-OH is 3. The summed E-state index contributed by atoms with van der Waals surface area (Å²) in [5, 5.41) is 35.2. The van der Waals surface area contributed by atoms with E-state index >= 15 is 0 Å². The molecule has 1 unspecified atom stereocenters. The van der Waals surface area contributed by atoms with E-state index < -0.39 is 29.8 Å². The zero-order valence-corrected chi connectivity index (χ0v) is 22.0. The molecule has 0 bridgehead atoms. The molecule has 1 aliphatic rings. The highest BCUT2D eigenvalue weighted by molar-refractivity contribution is 5.86. The van der Waals surface area contributed by atoms with Crippen molar-refractivity contribution in [3.05, 3.63) is 35.4 Å².